The van der Waals surface area contributed by atoms with E-state index in [1.165, 1.54) is 16.7 Å². The molecule has 0 radical (unpaired) electrons. The van der Waals surface area contributed by atoms with Crippen molar-refractivity contribution in [2.45, 2.75) is 25.8 Å². The molecule has 0 heterocycles. The zero-order chi connectivity index (χ0) is 17.1. The molecule has 0 aliphatic heterocycles. The highest BCUT2D eigenvalue weighted by atomic mass is 16.3. The van der Waals surface area contributed by atoms with Gasteiger partial charge in [-0.1, -0.05) is 30.3 Å². The number of carbonyl (C=O) groups is 2. The first kappa shape index (κ1) is 16.2. The predicted molar refractivity (Wildman–Crippen MR) is 92.6 cm³/mol. The molecule has 124 valence electrons. The van der Waals surface area contributed by atoms with Gasteiger partial charge in [0, 0.05) is 18.3 Å². The van der Waals surface area contributed by atoms with Gasteiger partial charge in [0.05, 0.1) is 0 Å². The second-order valence-electron chi connectivity index (χ2n) is 6.05. The Balaban J connectivity index is 1.68. The first-order valence-electron chi connectivity index (χ1n) is 8.02. The largest absolute Gasteiger partial charge is 0.396 e. The van der Waals surface area contributed by atoms with Crippen LogP contribution in [0.1, 0.15) is 24.5 Å². The van der Waals surface area contributed by atoms with E-state index in [9.17, 15) is 9.59 Å². The van der Waals surface area contributed by atoms with Crippen molar-refractivity contribution >= 4 is 17.5 Å². The Labute approximate surface area is 140 Å². The first-order chi connectivity index (χ1) is 11.6. The minimum absolute atomic E-state index is 0.0333. The van der Waals surface area contributed by atoms with Crippen molar-refractivity contribution < 1.29 is 14.7 Å². The van der Waals surface area contributed by atoms with Crippen LogP contribution in [0.15, 0.2) is 42.5 Å². The second kappa shape index (κ2) is 6.84. The summed E-state index contributed by atoms with van der Waals surface area (Å²) in [5.41, 5.74) is 5.41. The molecule has 5 heteroatoms. The summed E-state index contributed by atoms with van der Waals surface area (Å²) >= 11 is 0. The number of nitrogens with one attached hydrogen (secondary N) is 2. The molecule has 1 atom stereocenters. The van der Waals surface area contributed by atoms with E-state index in [2.05, 4.69) is 22.8 Å². The Morgan fingerprint density at radius 2 is 1.83 bits per heavy atom. The molecule has 0 saturated carbocycles. The molecule has 0 spiro atoms. The fourth-order valence-electron chi connectivity index (χ4n) is 2.97. The zero-order valence-corrected chi connectivity index (χ0v) is 13.5. The third-order valence-corrected chi connectivity index (χ3v) is 4.20. The maximum atomic E-state index is 12.0. The van der Waals surface area contributed by atoms with Crippen LogP contribution in [-0.4, -0.2) is 29.6 Å². The summed E-state index contributed by atoms with van der Waals surface area (Å²) in [4.78, 5) is 23.8. The average Bonchev–Trinajstić information content (AvgIpc) is 2.92. The van der Waals surface area contributed by atoms with E-state index in [4.69, 9.17) is 5.11 Å². The number of carbonyl (C=O) groups excluding carboxylic acids is 2. The topological polar surface area (TPSA) is 78.4 Å². The van der Waals surface area contributed by atoms with Crippen LogP contribution in [-0.2, 0) is 16.0 Å². The lowest BCUT2D eigenvalue weighted by Crippen LogP contribution is -2.40. The molecular formula is C19H20N2O3. The maximum absolute atomic E-state index is 12.0. The number of benzene rings is 2. The number of hydrogen-bond donors (Lipinski definition) is 3. The predicted octanol–water partition coefficient (Wildman–Crippen LogP) is 2.08. The molecule has 0 aromatic heterocycles. The molecule has 0 saturated heterocycles. The summed E-state index contributed by atoms with van der Waals surface area (Å²) in [7, 11) is 0. The molecule has 2 amide bonds. The van der Waals surface area contributed by atoms with Crippen molar-refractivity contribution in [2.75, 3.05) is 11.9 Å². The van der Waals surface area contributed by atoms with Crippen molar-refractivity contribution in [1.82, 2.24) is 5.32 Å². The molecule has 24 heavy (non-hydrogen) atoms. The van der Waals surface area contributed by atoms with Gasteiger partial charge in [-0.05, 0) is 54.2 Å². The number of hydrogen-bond acceptors (Lipinski definition) is 3. The summed E-state index contributed by atoms with van der Waals surface area (Å²) in [6.45, 7) is 1.71. The Morgan fingerprint density at radius 1 is 1.08 bits per heavy atom. The third kappa shape index (κ3) is 3.31. The van der Waals surface area contributed by atoms with Gasteiger partial charge in [0.15, 0.2) is 0 Å². The molecule has 0 unspecified atom stereocenters. The fourth-order valence-corrected chi connectivity index (χ4v) is 2.97. The van der Waals surface area contributed by atoms with Crippen LogP contribution in [0, 0.1) is 0 Å². The van der Waals surface area contributed by atoms with Gasteiger partial charge in [-0.3, -0.25) is 9.59 Å². The number of rotatable bonds is 4. The average molecular weight is 324 g/mol. The standard InChI is InChI=1S/C19H20N2O3/c1-12(8-9-22)20-18(23)19(24)21-15-6-7-17-14(11-15)10-13-4-2-3-5-16(13)17/h2-7,11-12,22H,8-10H2,1H3,(H,20,23)(H,21,24)/t12-/m1/s1. The molecule has 2 aromatic carbocycles. The van der Waals surface area contributed by atoms with Gasteiger partial charge >= 0.3 is 11.8 Å². The summed E-state index contributed by atoms with van der Waals surface area (Å²) in [5, 5.41) is 14.0. The van der Waals surface area contributed by atoms with Crippen molar-refractivity contribution in [1.29, 1.82) is 0 Å². The Hall–Kier alpha value is -2.66. The van der Waals surface area contributed by atoms with Gasteiger partial charge < -0.3 is 15.7 Å². The fraction of sp³-hybridized carbons (Fsp3) is 0.263. The lowest BCUT2D eigenvalue weighted by molar-refractivity contribution is -0.136. The van der Waals surface area contributed by atoms with Crippen LogP contribution in [0.4, 0.5) is 5.69 Å². The van der Waals surface area contributed by atoms with Crippen molar-refractivity contribution in [3.63, 3.8) is 0 Å². The highest BCUT2D eigenvalue weighted by Gasteiger charge is 2.20. The van der Waals surface area contributed by atoms with Crippen LogP contribution in [0.25, 0.3) is 11.1 Å². The van der Waals surface area contributed by atoms with E-state index in [0.717, 1.165) is 12.0 Å². The van der Waals surface area contributed by atoms with E-state index in [0.29, 0.717) is 12.1 Å². The summed E-state index contributed by atoms with van der Waals surface area (Å²) in [5.74, 6) is -1.39. The van der Waals surface area contributed by atoms with E-state index in [-0.39, 0.29) is 12.6 Å². The molecular weight excluding hydrogens is 304 g/mol. The van der Waals surface area contributed by atoms with Gasteiger partial charge in [-0.2, -0.15) is 0 Å². The smallest absolute Gasteiger partial charge is 0.313 e. The Bertz CT molecular complexity index is 786. The van der Waals surface area contributed by atoms with E-state index in [1.807, 2.05) is 30.3 Å². The van der Waals surface area contributed by atoms with Gasteiger partial charge in [0.25, 0.3) is 0 Å². The normalized spacial score (nSPS) is 12.9. The molecule has 0 bridgehead atoms. The van der Waals surface area contributed by atoms with Gasteiger partial charge in [-0.25, -0.2) is 0 Å². The zero-order valence-electron chi connectivity index (χ0n) is 13.5. The number of anilines is 1. The highest BCUT2D eigenvalue weighted by molar-refractivity contribution is 6.39. The summed E-state index contributed by atoms with van der Waals surface area (Å²) < 4.78 is 0. The molecule has 1 aliphatic carbocycles. The van der Waals surface area contributed by atoms with Crippen molar-refractivity contribution in [3.8, 4) is 11.1 Å². The Morgan fingerprint density at radius 3 is 2.62 bits per heavy atom. The molecule has 1 aliphatic rings. The SMILES string of the molecule is C[C@H](CCO)NC(=O)C(=O)Nc1ccc2c(c1)Cc1ccccc1-2. The maximum Gasteiger partial charge on any atom is 0.313 e. The van der Waals surface area contributed by atoms with Gasteiger partial charge in [0.1, 0.15) is 0 Å². The number of aliphatic hydroxyl groups excluding tert-OH is 1. The molecule has 5 nitrogen and oxygen atoms in total. The minimum Gasteiger partial charge on any atom is -0.396 e. The van der Waals surface area contributed by atoms with Crippen LogP contribution in [0.2, 0.25) is 0 Å². The number of amides is 2. The van der Waals surface area contributed by atoms with Crippen LogP contribution in [0.5, 0.6) is 0 Å². The quantitative estimate of drug-likeness (QED) is 0.643. The molecule has 3 N–H and O–H groups in total. The van der Waals surface area contributed by atoms with E-state index in [1.54, 1.807) is 6.92 Å². The third-order valence-electron chi connectivity index (χ3n) is 4.20. The lowest BCUT2D eigenvalue weighted by Gasteiger charge is -2.12. The number of fused-ring (bicyclic) bond motifs is 3. The van der Waals surface area contributed by atoms with Gasteiger partial charge in [0.2, 0.25) is 0 Å². The minimum atomic E-state index is -0.699. The highest BCUT2D eigenvalue weighted by Crippen LogP contribution is 2.37. The lowest BCUT2D eigenvalue weighted by atomic mass is 10.1. The summed E-state index contributed by atoms with van der Waals surface area (Å²) in [6.07, 6.45) is 1.24. The van der Waals surface area contributed by atoms with Crippen LogP contribution >= 0.6 is 0 Å². The van der Waals surface area contributed by atoms with E-state index >= 15 is 0 Å². The van der Waals surface area contributed by atoms with Gasteiger partial charge in [-0.15, -0.1) is 0 Å². The number of aliphatic hydroxyl groups is 1. The Kier molecular flexibility index (Phi) is 4.62. The second-order valence-corrected chi connectivity index (χ2v) is 6.05. The summed E-state index contributed by atoms with van der Waals surface area (Å²) in [6, 6.07) is 13.7. The van der Waals surface area contributed by atoms with Crippen molar-refractivity contribution in [2.24, 2.45) is 0 Å². The monoisotopic (exact) mass is 324 g/mol. The molecule has 2 aromatic rings. The first-order valence-corrected chi connectivity index (χ1v) is 8.02. The molecule has 3 rings (SSSR count). The van der Waals surface area contributed by atoms with E-state index < -0.39 is 11.8 Å². The van der Waals surface area contributed by atoms with Crippen molar-refractivity contribution in [3.05, 3.63) is 53.6 Å². The molecule has 0 fully saturated rings. The van der Waals surface area contributed by atoms with Crippen LogP contribution in [0.3, 0.4) is 0 Å². The van der Waals surface area contributed by atoms with Crippen LogP contribution < -0.4 is 10.6 Å².